The molecule has 0 aliphatic heterocycles. The number of carboxylic acids is 1. The molecule has 9 nitrogen and oxygen atoms in total. The number of hydrogen-bond donors (Lipinski definition) is 0. The molecule has 0 saturated heterocycles. The van der Waals surface area contributed by atoms with Crippen LogP contribution in [-0.2, 0) is 29.2 Å². The van der Waals surface area contributed by atoms with Crippen LogP contribution in [0.25, 0.3) is 0 Å². The third-order valence-corrected chi connectivity index (χ3v) is 6.03. The Labute approximate surface area is 252 Å². The molecule has 40 heavy (non-hydrogen) atoms. The van der Waals surface area contributed by atoms with Crippen molar-refractivity contribution in [3.8, 4) is 5.75 Å². The zero-order valence-corrected chi connectivity index (χ0v) is 24.7. The number of benzene rings is 3. The molecule has 0 amide bonds. The maximum absolute atomic E-state index is 14.4. The van der Waals surface area contributed by atoms with Crippen molar-refractivity contribution in [1.29, 1.82) is 0 Å². The molecule has 3 aromatic carbocycles. The van der Waals surface area contributed by atoms with Crippen LogP contribution in [0.2, 0.25) is 0 Å². The minimum atomic E-state index is -1.55. The van der Waals surface area contributed by atoms with E-state index in [0.29, 0.717) is 0 Å². The molecule has 1 heterocycles. The number of carbonyl (C=O) groups excluding carboxylic acids is 2. The largest absolute Gasteiger partial charge is 1.00 e. The molecule has 11 heteroatoms. The quantitative estimate of drug-likeness (QED) is 0.198. The fourth-order valence-corrected chi connectivity index (χ4v) is 3.73. The standard InChI is InChI=1S/C29H28FN3O6.Na/c1-19-8-10-20(11-9-19)16-33-28(37)32(17-22-6-4-5-7-24(22)30)25(31-33)18-38-26(34)21-12-14-23(15-13-21)39-29(2,3)27(35)36;/h4-15H,16-18H2,1-3H3,(H,35,36);/q;+1/p-1. The molecule has 0 fully saturated rings. The Morgan fingerprint density at radius 2 is 1.62 bits per heavy atom. The predicted molar refractivity (Wildman–Crippen MR) is 138 cm³/mol. The van der Waals surface area contributed by atoms with Crippen LogP contribution in [0.1, 0.15) is 46.7 Å². The molecule has 0 bridgehead atoms. The first-order valence-corrected chi connectivity index (χ1v) is 12.2. The van der Waals surface area contributed by atoms with Crippen LogP contribution in [0.5, 0.6) is 5.75 Å². The maximum atomic E-state index is 14.4. The Morgan fingerprint density at radius 1 is 0.975 bits per heavy atom. The number of aromatic nitrogens is 3. The van der Waals surface area contributed by atoms with E-state index in [1.807, 2.05) is 31.2 Å². The van der Waals surface area contributed by atoms with Crippen molar-refractivity contribution in [3.63, 3.8) is 0 Å². The van der Waals surface area contributed by atoms with Crippen molar-refractivity contribution in [2.24, 2.45) is 0 Å². The molecule has 4 aromatic rings. The molecule has 0 N–H and O–H groups in total. The van der Waals surface area contributed by atoms with Crippen LogP contribution in [0.3, 0.4) is 0 Å². The zero-order chi connectivity index (χ0) is 28.2. The van der Waals surface area contributed by atoms with Crippen LogP contribution in [0.15, 0.2) is 77.6 Å². The van der Waals surface area contributed by atoms with Crippen LogP contribution in [-0.4, -0.2) is 31.9 Å². The summed E-state index contributed by atoms with van der Waals surface area (Å²) in [6, 6.07) is 19.4. The van der Waals surface area contributed by atoms with Gasteiger partial charge in [-0.3, -0.25) is 4.57 Å². The molecular weight excluding hydrogens is 528 g/mol. The number of aryl methyl sites for hydroxylation is 1. The van der Waals surface area contributed by atoms with Crippen molar-refractivity contribution in [3.05, 3.63) is 117 Å². The molecule has 0 unspecified atom stereocenters. The van der Waals surface area contributed by atoms with E-state index in [0.717, 1.165) is 11.1 Å². The van der Waals surface area contributed by atoms with Gasteiger partial charge in [0.2, 0.25) is 0 Å². The van der Waals surface area contributed by atoms with Crippen LogP contribution < -0.4 is 45.1 Å². The van der Waals surface area contributed by atoms with E-state index in [1.165, 1.54) is 53.4 Å². The molecular formula is C29H27FN3NaO6. The van der Waals surface area contributed by atoms with Gasteiger partial charge in [0.1, 0.15) is 17.2 Å². The summed E-state index contributed by atoms with van der Waals surface area (Å²) in [6.07, 6.45) is 0. The second-order valence-corrected chi connectivity index (χ2v) is 9.52. The molecule has 0 aliphatic rings. The number of ether oxygens (including phenoxy) is 2. The number of hydrogen-bond acceptors (Lipinski definition) is 7. The van der Waals surface area contributed by atoms with Gasteiger partial charge in [-0.2, -0.15) is 5.10 Å². The summed E-state index contributed by atoms with van der Waals surface area (Å²) in [5.74, 6) is -2.16. The van der Waals surface area contributed by atoms with Gasteiger partial charge in [0.25, 0.3) is 0 Å². The van der Waals surface area contributed by atoms with E-state index in [-0.39, 0.29) is 72.0 Å². The first kappa shape index (κ1) is 30.8. The minimum Gasteiger partial charge on any atom is -0.546 e. The van der Waals surface area contributed by atoms with E-state index in [1.54, 1.807) is 18.2 Å². The second kappa shape index (κ2) is 13.1. The van der Waals surface area contributed by atoms with Crippen molar-refractivity contribution >= 4 is 11.9 Å². The van der Waals surface area contributed by atoms with Gasteiger partial charge in [-0.25, -0.2) is 18.7 Å². The van der Waals surface area contributed by atoms with Crippen molar-refractivity contribution < 1.29 is 58.1 Å². The molecule has 1 aromatic heterocycles. The van der Waals surface area contributed by atoms with Gasteiger partial charge in [0.05, 0.1) is 24.6 Å². The predicted octanol–water partition coefficient (Wildman–Crippen LogP) is -0.143. The molecule has 0 aliphatic carbocycles. The van der Waals surface area contributed by atoms with Gasteiger partial charge < -0.3 is 19.4 Å². The van der Waals surface area contributed by atoms with Gasteiger partial charge >= 0.3 is 41.2 Å². The minimum absolute atomic E-state index is 0. The van der Waals surface area contributed by atoms with Crippen molar-refractivity contribution in [1.82, 2.24) is 14.3 Å². The summed E-state index contributed by atoms with van der Waals surface area (Å²) in [5.41, 5.74) is 0.369. The normalized spacial score (nSPS) is 11.0. The Bertz CT molecular complexity index is 1550. The fraction of sp³-hybridized carbons (Fsp3) is 0.241. The van der Waals surface area contributed by atoms with Gasteiger partial charge in [0, 0.05) is 5.56 Å². The smallest absolute Gasteiger partial charge is 0.546 e. The third kappa shape index (κ3) is 7.47. The molecule has 0 saturated carbocycles. The molecule has 0 spiro atoms. The Hall–Kier alpha value is -3.73. The van der Waals surface area contributed by atoms with E-state index < -0.39 is 29.0 Å². The van der Waals surface area contributed by atoms with Gasteiger partial charge in [-0.1, -0.05) is 48.0 Å². The Balaban J connectivity index is 0.00000441. The number of rotatable bonds is 10. The van der Waals surface area contributed by atoms with E-state index in [9.17, 15) is 23.9 Å². The maximum Gasteiger partial charge on any atom is 1.00 e. The molecule has 202 valence electrons. The van der Waals surface area contributed by atoms with E-state index in [2.05, 4.69) is 5.10 Å². The molecule has 4 rings (SSSR count). The summed E-state index contributed by atoms with van der Waals surface area (Å²) in [6.45, 7) is 4.42. The van der Waals surface area contributed by atoms with Gasteiger partial charge in [-0.15, -0.1) is 0 Å². The summed E-state index contributed by atoms with van der Waals surface area (Å²) in [5, 5.41) is 15.5. The Morgan fingerprint density at radius 3 is 2.25 bits per heavy atom. The first-order valence-electron chi connectivity index (χ1n) is 12.2. The summed E-state index contributed by atoms with van der Waals surface area (Å²) >= 11 is 0. The number of nitrogens with zero attached hydrogens (tertiary/aromatic N) is 3. The first-order chi connectivity index (χ1) is 18.5. The number of carbonyl (C=O) groups is 2. The second-order valence-electron chi connectivity index (χ2n) is 9.52. The SMILES string of the molecule is Cc1ccc(Cn2nc(COC(=O)c3ccc(OC(C)(C)C(=O)[O-])cc3)n(Cc3ccccc3F)c2=O)cc1.[Na+]. The zero-order valence-electron chi connectivity index (χ0n) is 22.7. The van der Waals surface area contributed by atoms with Crippen LogP contribution in [0, 0.1) is 12.7 Å². The topological polar surface area (TPSA) is 115 Å². The number of halogens is 1. The average Bonchev–Trinajstić information content (AvgIpc) is 3.19. The molecule has 0 radical (unpaired) electrons. The summed E-state index contributed by atoms with van der Waals surface area (Å²) < 4.78 is 27.7. The van der Waals surface area contributed by atoms with Crippen LogP contribution in [0.4, 0.5) is 4.39 Å². The number of aliphatic carboxylic acids is 1. The number of esters is 1. The van der Waals surface area contributed by atoms with Crippen LogP contribution >= 0.6 is 0 Å². The number of carboxylic acid groups (broad SMARTS) is 1. The van der Waals surface area contributed by atoms with Crippen molar-refractivity contribution in [2.75, 3.05) is 0 Å². The van der Waals surface area contributed by atoms with E-state index in [4.69, 9.17) is 9.47 Å². The van der Waals surface area contributed by atoms with E-state index >= 15 is 0 Å². The summed E-state index contributed by atoms with van der Waals surface area (Å²) in [7, 11) is 0. The monoisotopic (exact) mass is 555 g/mol. The summed E-state index contributed by atoms with van der Waals surface area (Å²) in [4.78, 5) is 37.1. The van der Waals surface area contributed by atoms with Gasteiger partial charge in [-0.05, 0) is 56.7 Å². The van der Waals surface area contributed by atoms with Crippen molar-refractivity contribution in [2.45, 2.75) is 46.1 Å². The fourth-order valence-electron chi connectivity index (χ4n) is 3.73. The molecule has 0 atom stereocenters. The Kier molecular flexibility index (Phi) is 10.1. The van der Waals surface area contributed by atoms with Gasteiger partial charge in [0.15, 0.2) is 12.4 Å². The average molecular weight is 556 g/mol. The third-order valence-electron chi connectivity index (χ3n) is 6.03.